The first-order valence-corrected chi connectivity index (χ1v) is 4.75. The van der Waals surface area contributed by atoms with E-state index >= 15 is 0 Å². The molecule has 2 heterocycles. The van der Waals surface area contributed by atoms with Crippen LogP contribution in [0.3, 0.4) is 0 Å². The van der Waals surface area contributed by atoms with Gasteiger partial charge in [-0.3, -0.25) is 4.79 Å². The first-order chi connectivity index (χ1) is 6.27. The molecular formula is C7H9N3O2S. The molecule has 1 aromatic rings. The fourth-order valence-corrected chi connectivity index (χ4v) is 1.75. The van der Waals surface area contributed by atoms with Crippen molar-refractivity contribution >= 4 is 17.6 Å². The van der Waals surface area contributed by atoms with Gasteiger partial charge in [0.2, 0.25) is 0 Å². The van der Waals surface area contributed by atoms with Gasteiger partial charge in [-0.05, 0) is 6.42 Å². The number of hydrogen-bond acceptors (Lipinski definition) is 5. The predicted molar refractivity (Wildman–Crippen MR) is 46.4 cm³/mol. The Hall–Kier alpha value is -1.01. The highest BCUT2D eigenvalue weighted by atomic mass is 32.1. The maximum Gasteiger partial charge on any atom is 0.275 e. The van der Waals surface area contributed by atoms with Crippen molar-refractivity contribution < 1.29 is 9.90 Å². The quantitative estimate of drug-likeness (QED) is 0.677. The van der Waals surface area contributed by atoms with Crippen molar-refractivity contribution in [1.29, 1.82) is 0 Å². The molecular weight excluding hydrogens is 190 g/mol. The average molecular weight is 199 g/mol. The lowest BCUT2D eigenvalue weighted by atomic mass is 10.3. The first-order valence-electron chi connectivity index (χ1n) is 4.02. The van der Waals surface area contributed by atoms with Crippen LogP contribution in [0.2, 0.25) is 0 Å². The van der Waals surface area contributed by atoms with E-state index in [-0.39, 0.29) is 12.0 Å². The zero-order valence-electron chi connectivity index (χ0n) is 6.88. The Labute approximate surface area is 79.3 Å². The summed E-state index contributed by atoms with van der Waals surface area (Å²) in [5.74, 6) is -0.134. The van der Waals surface area contributed by atoms with Crippen molar-refractivity contribution in [3.8, 4) is 0 Å². The number of aliphatic hydroxyl groups excluding tert-OH is 1. The summed E-state index contributed by atoms with van der Waals surface area (Å²) in [6.07, 6.45) is 1.73. The Morgan fingerprint density at radius 3 is 3.15 bits per heavy atom. The molecule has 70 valence electrons. The number of aromatic nitrogens is 2. The van der Waals surface area contributed by atoms with Gasteiger partial charge in [0.05, 0.1) is 24.0 Å². The molecule has 0 aliphatic carbocycles. The summed E-state index contributed by atoms with van der Waals surface area (Å²) in [4.78, 5) is 13.2. The normalized spacial score (nSPS) is 22.2. The van der Waals surface area contributed by atoms with Gasteiger partial charge in [-0.25, -0.2) is 0 Å². The fraction of sp³-hybridized carbons (Fsp3) is 0.571. The Balaban J connectivity index is 2.06. The zero-order chi connectivity index (χ0) is 9.26. The number of carbonyl (C=O) groups excluding carboxylic acids is 1. The number of nitrogens with zero attached hydrogens (tertiary/aromatic N) is 3. The lowest BCUT2D eigenvalue weighted by Crippen LogP contribution is -2.29. The monoisotopic (exact) mass is 199 g/mol. The second-order valence-electron chi connectivity index (χ2n) is 2.99. The summed E-state index contributed by atoms with van der Waals surface area (Å²) < 4.78 is 7.60. The van der Waals surface area contributed by atoms with Crippen LogP contribution in [-0.2, 0) is 0 Å². The topological polar surface area (TPSA) is 66.3 Å². The summed E-state index contributed by atoms with van der Waals surface area (Å²) in [5, 5.41) is 9.22. The van der Waals surface area contributed by atoms with Gasteiger partial charge in [-0.1, -0.05) is 0 Å². The predicted octanol–water partition coefficient (Wildman–Crippen LogP) is -0.255. The summed E-state index contributed by atoms with van der Waals surface area (Å²) >= 11 is 1.02. The van der Waals surface area contributed by atoms with Gasteiger partial charge in [-0.15, -0.1) is 0 Å². The van der Waals surface area contributed by atoms with Gasteiger partial charge in [-0.2, -0.15) is 8.75 Å². The minimum absolute atomic E-state index is 0.134. The zero-order valence-corrected chi connectivity index (χ0v) is 7.70. The maximum atomic E-state index is 11.6. The van der Waals surface area contributed by atoms with Crippen molar-refractivity contribution in [2.24, 2.45) is 0 Å². The SMILES string of the molecule is O=C(c1cnsn1)N1CC[C@@H](O)C1. The van der Waals surface area contributed by atoms with E-state index in [0.29, 0.717) is 25.2 Å². The van der Waals surface area contributed by atoms with Gasteiger partial charge in [0, 0.05) is 13.1 Å². The first kappa shape index (κ1) is 8.58. The van der Waals surface area contributed by atoms with Crippen LogP contribution in [0.4, 0.5) is 0 Å². The molecule has 2 rings (SSSR count). The molecule has 1 aromatic heterocycles. The fourth-order valence-electron chi connectivity index (χ4n) is 1.35. The highest BCUT2D eigenvalue weighted by Crippen LogP contribution is 2.12. The number of hydrogen-bond donors (Lipinski definition) is 1. The largest absolute Gasteiger partial charge is 0.391 e. The lowest BCUT2D eigenvalue weighted by molar-refractivity contribution is 0.0760. The average Bonchev–Trinajstić information content (AvgIpc) is 2.72. The van der Waals surface area contributed by atoms with E-state index in [0.717, 1.165) is 11.7 Å². The Kier molecular flexibility index (Phi) is 2.24. The van der Waals surface area contributed by atoms with Crippen molar-refractivity contribution in [2.75, 3.05) is 13.1 Å². The molecule has 1 N–H and O–H groups in total. The van der Waals surface area contributed by atoms with Crippen molar-refractivity contribution in [3.05, 3.63) is 11.9 Å². The van der Waals surface area contributed by atoms with E-state index in [2.05, 4.69) is 8.75 Å². The molecule has 0 aromatic carbocycles. The van der Waals surface area contributed by atoms with Crippen LogP contribution in [0.1, 0.15) is 16.9 Å². The van der Waals surface area contributed by atoms with Crippen LogP contribution in [0.15, 0.2) is 6.20 Å². The summed E-state index contributed by atoms with van der Waals surface area (Å²) in [7, 11) is 0. The highest BCUT2D eigenvalue weighted by molar-refractivity contribution is 6.99. The van der Waals surface area contributed by atoms with Gasteiger partial charge in [0.1, 0.15) is 0 Å². The molecule has 0 saturated carbocycles. The lowest BCUT2D eigenvalue weighted by Gasteiger charge is -2.12. The number of aliphatic hydroxyl groups is 1. The van der Waals surface area contributed by atoms with E-state index in [1.54, 1.807) is 4.90 Å². The minimum atomic E-state index is -0.379. The molecule has 0 bridgehead atoms. The molecule has 0 unspecified atom stereocenters. The second kappa shape index (κ2) is 3.39. The minimum Gasteiger partial charge on any atom is -0.391 e. The molecule has 1 saturated heterocycles. The van der Waals surface area contributed by atoms with Crippen LogP contribution in [0, 0.1) is 0 Å². The third-order valence-electron chi connectivity index (χ3n) is 2.03. The van der Waals surface area contributed by atoms with Crippen molar-refractivity contribution in [1.82, 2.24) is 13.6 Å². The second-order valence-corrected chi connectivity index (χ2v) is 3.54. The van der Waals surface area contributed by atoms with Gasteiger partial charge in [0.25, 0.3) is 5.91 Å². The van der Waals surface area contributed by atoms with E-state index in [9.17, 15) is 9.90 Å². The molecule has 0 radical (unpaired) electrons. The molecule has 1 aliphatic rings. The third-order valence-corrected chi connectivity index (χ3v) is 2.51. The summed E-state index contributed by atoms with van der Waals surface area (Å²) in [6.45, 7) is 1.02. The highest BCUT2D eigenvalue weighted by Gasteiger charge is 2.26. The van der Waals surface area contributed by atoms with Gasteiger partial charge < -0.3 is 10.0 Å². The molecule has 1 aliphatic heterocycles. The molecule has 0 spiro atoms. The van der Waals surface area contributed by atoms with E-state index in [4.69, 9.17) is 0 Å². The molecule has 13 heavy (non-hydrogen) atoms. The van der Waals surface area contributed by atoms with Crippen molar-refractivity contribution in [2.45, 2.75) is 12.5 Å². The molecule has 1 amide bonds. The maximum absolute atomic E-state index is 11.6. The number of β-amino-alcohol motifs (C(OH)–C–C–N with tert-alkyl or cyclic N) is 1. The summed E-state index contributed by atoms with van der Waals surface area (Å²) in [5.41, 5.74) is 0.374. The molecule has 6 heteroatoms. The Morgan fingerprint density at radius 2 is 2.62 bits per heavy atom. The summed E-state index contributed by atoms with van der Waals surface area (Å²) in [6, 6.07) is 0. The third kappa shape index (κ3) is 1.68. The number of rotatable bonds is 1. The number of amides is 1. The Bertz CT molecular complexity index is 301. The van der Waals surface area contributed by atoms with Crippen LogP contribution in [-0.4, -0.2) is 43.9 Å². The van der Waals surface area contributed by atoms with E-state index in [1.165, 1.54) is 6.20 Å². The Morgan fingerprint density at radius 1 is 1.77 bits per heavy atom. The van der Waals surface area contributed by atoms with Crippen LogP contribution >= 0.6 is 11.7 Å². The van der Waals surface area contributed by atoms with Gasteiger partial charge in [0.15, 0.2) is 5.69 Å². The van der Waals surface area contributed by atoms with E-state index < -0.39 is 0 Å². The number of likely N-dealkylation sites (tertiary alicyclic amines) is 1. The standard InChI is InChI=1S/C7H9N3O2S/c11-5-1-2-10(4-5)7(12)6-3-8-13-9-6/h3,5,11H,1-2,4H2/t5-/m1/s1. The van der Waals surface area contributed by atoms with Crippen LogP contribution < -0.4 is 0 Å². The van der Waals surface area contributed by atoms with Crippen molar-refractivity contribution in [3.63, 3.8) is 0 Å². The molecule has 1 fully saturated rings. The molecule has 1 atom stereocenters. The van der Waals surface area contributed by atoms with Crippen LogP contribution in [0.5, 0.6) is 0 Å². The van der Waals surface area contributed by atoms with Gasteiger partial charge >= 0.3 is 0 Å². The smallest absolute Gasteiger partial charge is 0.275 e. The number of carbonyl (C=O) groups is 1. The molecule has 5 nitrogen and oxygen atoms in total. The van der Waals surface area contributed by atoms with E-state index in [1.807, 2.05) is 0 Å². The van der Waals surface area contributed by atoms with Crippen LogP contribution in [0.25, 0.3) is 0 Å².